The van der Waals surface area contributed by atoms with Crippen LogP contribution in [0.15, 0.2) is 91.3 Å². The number of amides is 1. The first-order valence-corrected chi connectivity index (χ1v) is 10.6. The molecular weight excluding hydrogens is 414 g/mol. The van der Waals surface area contributed by atoms with Gasteiger partial charge in [0.15, 0.2) is 0 Å². The van der Waals surface area contributed by atoms with E-state index >= 15 is 0 Å². The summed E-state index contributed by atoms with van der Waals surface area (Å²) in [6.07, 6.45) is 3.48. The molecule has 166 valence electrons. The maximum Gasteiger partial charge on any atom is 0.340 e. The van der Waals surface area contributed by atoms with Gasteiger partial charge in [0.05, 0.1) is 16.9 Å². The lowest BCUT2D eigenvalue weighted by Gasteiger charge is -2.21. The third kappa shape index (κ3) is 5.36. The first-order chi connectivity index (χ1) is 15.8. The van der Waals surface area contributed by atoms with E-state index in [-0.39, 0.29) is 5.91 Å². The van der Waals surface area contributed by atoms with E-state index in [0.29, 0.717) is 16.8 Å². The highest BCUT2D eigenvalue weighted by atomic mass is 16.6. The lowest BCUT2D eigenvalue weighted by molar-refractivity contribution is 0.00708. The van der Waals surface area contributed by atoms with Gasteiger partial charge in [-0.05, 0) is 68.3 Å². The summed E-state index contributed by atoms with van der Waals surface area (Å²) in [6.45, 7) is 5.42. The highest BCUT2D eigenvalue weighted by Crippen LogP contribution is 2.28. The zero-order chi connectivity index (χ0) is 23.4. The second kappa shape index (κ2) is 9.12. The number of ether oxygens (including phenoxy) is 1. The monoisotopic (exact) mass is 439 g/mol. The van der Waals surface area contributed by atoms with Crippen LogP contribution in [-0.2, 0) is 4.74 Å². The molecule has 0 saturated carbocycles. The standard InChI is InChI=1S/C27H25N3O3/c1-27(2,3)33-26(32)23-14-13-20(19-9-5-4-6-10-19)18-24(23)29-25(31)21-11-7-12-22(17-21)30-16-8-15-28-30/h4-18H,1-3H3,(H,29,31). The Morgan fingerprint density at radius 1 is 0.879 bits per heavy atom. The molecular formula is C27H25N3O3. The number of hydrogen-bond acceptors (Lipinski definition) is 4. The van der Waals surface area contributed by atoms with Crippen molar-refractivity contribution in [3.63, 3.8) is 0 Å². The van der Waals surface area contributed by atoms with E-state index < -0.39 is 11.6 Å². The highest BCUT2D eigenvalue weighted by Gasteiger charge is 2.22. The van der Waals surface area contributed by atoms with E-state index in [1.807, 2.05) is 69.3 Å². The van der Waals surface area contributed by atoms with Gasteiger partial charge in [-0.15, -0.1) is 0 Å². The van der Waals surface area contributed by atoms with Crippen LogP contribution in [0.2, 0.25) is 0 Å². The van der Waals surface area contributed by atoms with E-state index in [1.165, 1.54) is 0 Å². The van der Waals surface area contributed by atoms with E-state index in [1.54, 1.807) is 47.4 Å². The van der Waals surface area contributed by atoms with Crippen LogP contribution < -0.4 is 5.32 Å². The fourth-order valence-corrected chi connectivity index (χ4v) is 3.37. The maximum absolute atomic E-state index is 13.2. The number of nitrogens with one attached hydrogen (secondary N) is 1. The fourth-order valence-electron chi connectivity index (χ4n) is 3.37. The average Bonchev–Trinajstić information content (AvgIpc) is 3.34. The van der Waals surface area contributed by atoms with Crippen LogP contribution in [0.1, 0.15) is 41.5 Å². The van der Waals surface area contributed by atoms with Gasteiger partial charge in [-0.3, -0.25) is 4.79 Å². The zero-order valence-corrected chi connectivity index (χ0v) is 18.8. The normalized spacial score (nSPS) is 11.1. The van der Waals surface area contributed by atoms with Crippen molar-refractivity contribution in [2.45, 2.75) is 26.4 Å². The molecule has 1 amide bonds. The number of anilines is 1. The van der Waals surface area contributed by atoms with Crippen molar-refractivity contribution in [3.8, 4) is 16.8 Å². The number of carbonyl (C=O) groups is 2. The molecule has 0 spiro atoms. The maximum atomic E-state index is 13.2. The SMILES string of the molecule is CC(C)(C)OC(=O)c1ccc(-c2ccccc2)cc1NC(=O)c1cccc(-n2cccn2)c1. The molecule has 6 heteroatoms. The van der Waals surface area contributed by atoms with Crippen LogP contribution in [0.5, 0.6) is 0 Å². The van der Waals surface area contributed by atoms with Crippen LogP contribution in [0.4, 0.5) is 5.69 Å². The summed E-state index contributed by atoms with van der Waals surface area (Å²) in [5.74, 6) is -0.832. The van der Waals surface area contributed by atoms with Crippen LogP contribution >= 0.6 is 0 Å². The lowest BCUT2D eigenvalue weighted by Crippen LogP contribution is -2.25. The van der Waals surface area contributed by atoms with Gasteiger partial charge in [0.2, 0.25) is 0 Å². The molecule has 1 heterocycles. The van der Waals surface area contributed by atoms with Crippen LogP contribution in [0.3, 0.4) is 0 Å². The Balaban J connectivity index is 1.69. The number of aromatic nitrogens is 2. The molecule has 6 nitrogen and oxygen atoms in total. The van der Waals surface area contributed by atoms with Crippen LogP contribution in [0.25, 0.3) is 16.8 Å². The van der Waals surface area contributed by atoms with Crippen molar-refractivity contribution in [2.75, 3.05) is 5.32 Å². The molecule has 0 fully saturated rings. The molecule has 1 N–H and O–H groups in total. The Kier molecular flexibility index (Phi) is 6.09. The van der Waals surface area contributed by atoms with Crippen LogP contribution in [0, 0.1) is 0 Å². The topological polar surface area (TPSA) is 73.2 Å². The Morgan fingerprint density at radius 3 is 2.36 bits per heavy atom. The number of nitrogens with zero attached hydrogens (tertiary/aromatic N) is 2. The minimum Gasteiger partial charge on any atom is -0.456 e. The third-order valence-electron chi connectivity index (χ3n) is 4.87. The van der Waals surface area contributed by atoms with Gasteiger partial charge in [-0.25, -0.2) is 9.48 Å². The summed E-state index contributed by atoms with van der Waals surface area (Å²) in [5.41, 5.74) is 3.09. The predicted octanol–water partition coefficient (Wildman–Crippen LogP) is 5.75. The van der Waals surface area contributed by atoms with Crippen LogP contribution in [-0.4, -0.2) is 27.3 Å². The van der Waals surface area contributed by atoms with Gasteiger partial charge >= 0.3 is 5.97 Å². The summed E-state index contributed by atoms with van der Waals surface area (Å²) >= 11 is 0. The van der Waals surface area contributed by atoms with E-state index in [2.05, 4.69) is 10.4 Å². The Hall–Kier alpha value is -4.19. The second-order valence-electron chi connectivity index (χ2n) is 8.58. The summed E-state index contributed by atoms with van der Waals surface area (Å²) in [5, 5.41) is 7.12. The fraction of sp³-hybridized carbons (Fsp3) is 0.148. The molecule has 0 aliphatic heterocycles. The number of rotatable bonds is 5. The first kappa shape index (κ1) is 22.0. The molecule has 3 aromatic carbocycles. The third-order valence-corrected chi connectivity index (χ3v) is 4.87. The van der Waals surface area contributed by atoms with E-state index in [4.69, 9.17) is 4.74 Å². The zero-order valence-electron chi connectivity index (χ0n) is 18.8. The average molecular weight is 440 g/mol. The molecule has 1 aromatic heterocycles. The molecule has 4 aromatic rings. The molecule has 0 bridgehead atoms. The highest BCUT2D eigenvalue weighted by molar-refractivity contribution is 6.08. The molecule has 0 aliphatic carbocycles. The van der Waals surface area contributed by atoms with Gasteiger partial charge in [0, 0.05) is 18.0 Å². The second-order valence-corrected chi connectivity index (χ2v) is 8.58. The Bertz CT molecular complexity index is 1270. The molecule has 0 aliphatic rings. The minimum atomic E-state index is -0.658. The number of carbonyl (C=O) groups excluding carboxylic acids is 2. The predicted molar refractivity (Wildman–Crippen MR) is 129 cm³/mol. The van der Waals surface area contributed by atoms with Crippen molar-refractivity contribution < 1.29 is 14.3 Å². The summed E-state index contributed by atoms with van der Waals surface area (Å²) < 4.78 is 7.24. The molecule has 0 unspecified atom stereocenters. The quantitative estimate of drug-likeness (QED) is 0.402. The Labute approximate surface area is 192 Å². The first-order valence-electron chi connectivity index (χ1n) is 10.6. The van der Waals surface area contributed by atoms with Crippen molar-refractivity contribution >= 4 is 17.6 Å². The van der Waals surface area contributed by atoms with Crippen molar-refractivity contribution in [1.29, 1.82) is 0 Å². The summed E-state index contributed by atoms with van der Waals surface area (Å²) in [7, 11) is 0. The van der Waals surface area contributed by atoms with Gasteiger partial charge in [0.1, 0.15) is 5.60 Å². The molecule has 0 atom stereocenters. The summed E-state index contributed by atoms with van der Waals surface area (Å²) in [6, 6.07) is 24.0. The number of benzene rings is 3. The molecule has 33 heavy (non-hydrogen) atoms. The van der Waals surface area contributed by atoms with Gasteiger partial charge < -0.3 is 10.1 Å². The van der Waals surface area contributed by atoms with Crippen molar-refractivity contribution in [1.82, 2.24) is 9.78 Å². The van der Waals surface area contributed by atoms with E-state index in [9.17, 15) is 9.59 Å². The largest absolute Gasteiger partial charge is 0.456 e. The van der Waals surface area contributed by atoms with Crippen molar-refractivity contribution in [2.24, 2.45) is 0 Å². The molecule has 0 saturated heterocycles. The number of esters is 1. The summed E-state index contributed by atoms with van der Waals surface area (Å²) in [4.78, 5) is 26.0. The Morgan fingerprint density at radius 2 is 1.67 bits per heavy atom. The lowest BCUT2D eigenvalue weighted by atomic mass is 10.0. The van der Waals surface area contributed by atoms with Crippen molar-refractivity contribution in [3.05, 3.63) is 102 Å². The number of hydrogen-bond donors (Lipinski definition) is 1. The molecule has 4 rings (SSSR count). The smallest absolute Gasteiger partial charge is 0.340 e. The van der Waals surface area contributed by atoms with Gasteiger partial charge in [0.25, 0.3) is 5.91 Å². The van der Waals surface area contributed by atoms with Gasteiger partial charge in [-0.1, -0.05) is 42.5 Å². The van der Waals surface area contributed by atoms with E-state index in [0.717, 1.165) is 16.8 Å². The molecule has 0 radical (unpaired) electrons. The minimum absolute atomic E-state index is 0.293. The van der Waals surface area contributed by atoms with Gasteiger partial charge in [-0.2, -0.15) is 5.10 Å².